The van der Waals surface area contributed by atoms with Gasteiger partial charge in [0.05, 0.1) is 4.92 Å². The maximum absolute atomic E-state index is 10.5. The van der Waals surface area contributed by atoms with Gasteiger partial charge in [0.25, 0.3) is 5.69 Å². The van der Waals surface area contributed by atoms with Gasteiger partial charge in [-0.1, -0.05) is 6.92 Å². The molecule has 0 bridgehead atoms. The van der Waals surface area contributed by atoms with E-state index in [1.807, 2.05) is 6.92 Å². The lowest BCUT2D eigenvalue weighted by atomic mass is 10.3. The lowest BCUT2D eigenvalue weighted by Gasteiger charge is -2.08. The van der Waals surface area contributed by atoms with Crippen LogP contribution in [0.5, 0.6) is 0 Å². The van der Waals surface area contributed by atoms with Crippen LogP contribution in [-0.4, -0.2) is 30.5 Å². The summed E-state index contributed by atoms with van der Waals surface area (Å²) in [6, 6.07) is 6.28. The number of rotatable bonds is 7. The lowest BCUT2D eigenvalue weighted by Crippen LogP contribution is -2.35. The van der Waals surface area contributed by atoms with Crippen molar-refractivity contribution in [2.75, 3.05) is 25.0 Å². The van der Waals surface area contributed by atoms with Crippen LogP contribution < -0.4 is 16.4 Å². The van der Waals surface area contributed by atoms with Gasteiger partial charge in [-0.05, 0) is 18.6 Å². The number of guanidine groups is 1. The van der Waals surface area contributed by atoms with Crippen LogP contribution in [0.2, 0.25) is 0 Å². The Hall–Kier alpha value is -1.58. The molecule has 0 aromatic heterocycles. The van der Waals surface area contributed by atoms with E-state index in [1.165, 1.54) is 12.1 Å². The Labute approximate surface area is 135 Å². The fourth-order valence-electron chi connectivity index (χ4n) is 1.39. The number of nitro groups is 1. The third-order valence-electron chi connectivity index (χ3n) is 2.34. The number of anilines is 1. The molecule has 7 nitrogen and oxygen atoms in total. The Morgan fingerprint density at radius 2 is 2.00 bits per heavy atom. The molecule has 0 spiro atoms. The van der Waals surface area contributed by atoms with Crippen LogP contribution in [0.15, 0.2) is 29.3 Å². The van der Waals surface area contributed by atoms with E-state index in [1.54, 1.807) is 12.1 Å². The standard InChI is InChI=1S/C12H19N5O2.HI/c1-2-7-15-12(13)16-9-8-14-10-3-5-11(6-4-10)17(18)19;/h3-6,14H,2,7-9H2,1H3,(H3,13,15,16);1H. The van der Waals surface area contributed by atoms with E-state index in [0.29, 0.717) is 25.6 Å². The maximum atomic E-state index is 10.5. The molecule has 1 rings (SSSR count). The predicted molar refractivity (Wildman–Crippen MR) is 91.8 cm³/mol. The summed E-state index contributed by atoms with van der Waals surface area (Å²) in [5.41, 5.74) is 6.54. The molecule has 0 atom stereocenters. The van der Waals surface area contributed by atoms with E-state index in [9.17, 15) is 10.1 Å². The third-order valence-corrected chi connectivity index (χ3v) is 2.34. The van der Waals surface area contributed by atoms with Gasteiger partial charge in [-0.3, -0.25) is 15.1 Å². The highest BCUT2D eigenvalue weighted by Crippen LogP contribution is 2.14. The molecule has 0 aliphatic heterocycles. The molecule has 4 N–H and O–H groups in total. The second-order valence-corrected chi connectivity index (χ2v) is 3.92. The number of aliphatic imine (C=N–C) groups is 1. The average Bonchev–Trinajstić information content (AvgIpc) is 2.41. The smallest absolute Gasteiger partial charge is 0.269 e. The van der Waals surface area contributed by atoms with Gasteiger partial charge >= 0.3 is 0 Å². The van der Waals surface area contributed by atoms with Crippen LogP contribution in [0.4, 0.5) is 11.4 Å². The Bertz CT molecular complexity index is 436. The van der Waals surface area contributed by atoms with Gasteiger partial charge < -0.3 is 16.4 Å². The number of hydrogen-bond donors (Lipinski definition) is 3. The number of benzene rings is 1. The normalized spacial score (nSPS) is 10.6. The number of nitrogens with two attached hydrogens (primary N) is 1. The van der Waals surface area contributed by atoms with Gasteiger partial charge in [0, 0.05) is 37.5 Å². The molecular weight excluding hydrogens is 373 g/mol. The van der Waals surface area contributed by atoms with Gasteiger partial charge in [-0.25, -0.2) is 0 Å². The molecule has 0 aliphatic carbocycles. The van der Waals surface area contributed by atoms with Gasteiger partial charge in [0.15, 0.2) is 5.96 Å². The number of halogens is 1. The van der Waals surface area contributed by atoms with Crippen molar-refractivity contribution < 1.29 is 4.92 Å². The Morgan fingerprint density at radius 3 is 2.55 bits per heavy atom. The molecule has 0 amide bonds. The van der Waals surface area contributed by atoms with Crippen LogP contribution in [0, 0.1) is 10.1 Å². The fourth-order valence-corrected chi connectivity index (χ4v) is 1.39. The molecule has 112 valence electrons. The summed E-state index contributed by atoms with van der Waals surface area (Å²) in [4.78, 5) is 14.2. The van der Waals surface area contributed by atoms with E-state index in [0.717, 1.165) is 12.1 Å². The number of nitro benzene ring substituents is 1. The zero-order chi connectivity index (χ0) is 14.1. The predicted octanol–water partition coefficient (Wildman–Crippen LogP) is 1.94. The molecule has 1 aromatic rings. The van der Waals surface area contributed by atoms with Crippen molar-refractivity contribution >= 4 is 41.3 Å². The lowest BCUT2D eigenvalue weighted by molar-refractivity contribution is -0.384. The largest absolute Gasteiger partial charge is 0.383 e. The van der Waals surface area contributed by atoms with Gasteiger partial charge in [-0.15, -0.1) is 24.0 Å². The maximum Gasteiger partial charge on any atom is 0.269 e. The highest BCUT2D eigenvalue weighted by atomic mass is 127. The molecule has 0 fully saturated rings. The number of nitrogens with zero attached hydrogens (tertiary/aromatic N) is 2. The second kappa shape index (κ2) is 10.2. The van der Waals surface area contributed by atoms with E-state index in [4.69, 9.17) is 5.73 Å². The highest BCUT2D eigenvalue weighted by molar-refractivity contribution is 14.0. The summed E-state index contributed by atoms with van der Waals surface area (Å²) in [5, 5.41) is 16.6. The first kappa shape index (κ1) is 18.4. The summed E-state index contributed by atoms with van der Waals surface area (Å²) >= 11 is 0. The van der Waals surface area contributed by atoms with Crippen molar-refractivity contribution in [1.29, 1.82) is 0 Å². The summed E-state index contributed by atoms with van der Waals surface area (Å²) in [6.45, 7) is 4.04. The molecule has 0 saturated heterocycles. The zero-order valence-corrected chi connectivity index (χ0v) is 13.7. The monoisotopic (exact) mass is 393 g/mol. The van der Waals surface area contributed by atoms with E-state index < -0.39 is 4.92 Å². The summed E-state index contributed by atoms with van der Waals surface area (Å²) in [7, 11) is 0. The molecule has 0 saturated carbocycles. The van der Waals surface area contributed by atoms with Crippen molar-refractivity contribution in [3.05, 3.63) is 34.4 Å². The van der Waals surface area contributed by atoms with Crippen molar-refractivity contribution in [2.24, 2.45) is 10.7 Å². The Balaban J connectivity index is 0.00000361. The molecule has 1 aromatic carbocycles. The summed E-state index contributed by atoms with van der Waals surface area (Å²) < 4.78 is 0. The Morgan fingerprint density at radius 1 is 1.35 bits per heavy atom. The van der Waals surface area contributed by atoms with Crippen LogP contribution in [0.1, 0.15) is 13.3 Å². The van der Waals surface area contributed by atoms with Crippen LogP contribution in [0.25, 0.3) is 0 Å². The van der Waals surface area contributed by atoms with Crippen molar-refractivity contribution in [3.8, 4) is 0 Å². The topological polar surface area (TPSA) is 106 Å². The highest BCUT2D eigenvalue weighted by Gasteiger charge is 2.03. The van der Waals surface area contributed by atoms with E-state index in [2.05, 4.69) is 15.6 Å². The van der Waals surface area contributed by atoms with E-state index >= 15 is 0 Å². The van der Waals surface area contributed by atoms with Crippen LogP contribution in [-0.2, 0) is 0 Å². The van der Waals surface area contributed by atoms with Crippen molar-refractivity contribution in [1.82, 2.24) is 5.32 Å². The van der Waals surface area contributed by atoms with Crippen molar-refractivity contribution in [2.45, 2.75) is 13.3 Å². The molecule has 0 unspecified atom stereocenters. The molecular formula is C12H20IN5O2. The minimum absolute atomic E-state index is 0. The SMILES string of the molecule is CCCN=C(N)NCCNc1ccc([N+](=O)[O-])cc1.I. The first-order valence-corrected chi connectivity index (χ1v) is 6.15. The van der Waals surface area contributed by atoms with Gasteiger partial charge in [0.1, 0.15) is 0 Å². The van der Waals surface area contributed by atoms with Crippen molar-refractivity contribution in [3.63, 3.8) is 0 Å². The quantitative estimate of drug-likeness (QED) is 0.164. The van der Waals surface area contributed by atoms with Gasteiger partial charge in [0.2, 0.25) is 0 Å². The molecule has 0 aliphatic rings. The molecule has 0 radical (unpaired) electrons. The van der Waals surface area contributed by atoms with Gasteiger partial charge in [-0.2, -0.15) is 0 Å². The zero-order valence-electron chi connectivity index (χ0n) is 11.3. The summed E-state index contributed by atoms with van der Waals surface area (Å²) in [5.74, 6) is 0.437. The minimum Gasteiger partial charge on any atom is -0.383 e. The molecule has 8 heteroatoms. The first-order valence-electron chi connectivity index (χ1n) is 6.15. The first-order chi connectivity index (χ1) is 9.13. The fraction of sp³-hybridized carbons (Fsp3) is 0.417. The average molecular weight is 393 g/mol. The number of hydrogen-bond acceptors (Lipinski definition) is 4. The molecule has 20 heavy (non-hydrogen) atoms. The van der Waals surface area contributed by atoms with E-state index in [-0.39, 0.29) is 29.7 Å². The summed E-state index contributed by atoms with van der Waals surface area (Å²) in [6.07, 6.45) is 0.962. The number of non-ortho nitro benzene ring substituents is 1. The Kier molecular flexibility index (Phi) is 9.43. The molecule has 0 heterocycles. The van der Waals surface area contributed by atoms with Crippen LogP contribution in [0.3, 0.4) is 0 Å². The minimum atomic E-state index is -0.420. The third kappa shape index (κ3) is 7.12. The second-order valence-electron chi connectivity index (χ2n) is 3.92. The number of nitrogens with one attached hydrogen (secondary N) is 2. The van der Waals surface area contributed by atoms with Crippen LogP contribution >= 0.6 is 24.0 Å².